The minimum absolute atomic E-state index is 0.597. The molecule has 0 aromatic heterocycles. The van der Waals surface area contributed by atoms with E-state index in [1.54, 1.807) is 83.1 Å². The van der Waals surface area contributed by atoms with Crippen molar-refractivity contribution in [3.8, 4) is 0 Å². The van der Waals surface area contributed by atoms with E-state index >= 15 is 0 Å². The molecule has 19 nitrogen and oxygen atoms in total. The summed E-state index contributed by atoms with van der Waals surface area (Å²) < 4.78 is 65.9. The molecule has 2 aliphatic rings. The Bertz CT molecular complexity index is 1470. The zero-order chi connectivity index (χ0) is 48.2. The molecule has 2 saturated heterocycles. The topological polar surface area (TPSA) is 238 Å². The maximum Gasteiger partial charge on any atom is 0.308 e. The van der Waals surface area contributed by atoms with Crippen LogP contribution in [-0.4, -0.2) is 122 Å². The Balaban J connectivity index is 3.00. The summed E-state index contributed by atoms with van der Waals surface area (Å²) in [7, 11) is 0. The molecule has 0 saturated carbocycles. The van der Waals surface area contributed by atoms with Crippen LogP contribution in [0.1, 0.15) is 111 Å². The SMILES string of the molecule is CC(C)C(=O)OC[C@H]1O[C@H](O[C@H]2O[C@H](COC(=O)C(C)C)[C@@H](OC(=O)C(C)C)[C@H](OC(=O)C(C)C)[C@H]2OC(=O)C(C)C)[C@H](OC(=O)C(C)C)[C@@H](OC(=O)C(C)C)[C@@H]1OC(=O)C(C)C. The second kappa shape index (κ2) is 24.6. The lowest BCUT2D eigenvalue weighted by atomic mass is 9.96. The van der Waals surface area contributed by atoms with E-state index in [2.05, 4.69) is 0 Å². The van der Waals surface area contributed by atoms with Gasteiger partial charge in [0.2, 0.25) is 12.6 Å². The number of rotatable bonds is 20. The third kappa shape index (κ3) is 16.0. The van der Waals surface area contributed by atoms with Crippen molar-refractivity contribution in [1.29, 1.82) is 0 Å². The van der Waals surface area contributed by atoms with E-state index in [1.807, 2.05) is 0 Å². The molecular weight excluding hydrogens is 832 g/mol. The van der Waals surface area contributed by atoms with Gasteiger partial charge in [-0.1, -0.05) is 111 Å². The van der Waals surface area contributed by atoms with Crippen molar-refractivity contribution in [3.05, 3.63) is 0 Å². The molecule has 19 heteroatoms. The molecule has 2 rings (SSSR count). The van der Waals surface area contributed by atoms with Crippen LogP contribution in [0.4, 0.5) is 0 Å². The third-order valence-corrected chi connectivity index (χ3v) is 9.52. The molecule has 0 N–H and O–H groups in total. The van der Waals surface area contributed by atoms with Crippen LogP contribution in [0.3, 0.4) is 0 Å². The Hall–Kier alpha value is -4.36. The summed E-state index contributed by atoms with van der Waals surface area (Å²) in [6.07, 6.45) is -16.8. The molecule has 0 aromatic carbocycles. The number of carbonyl (C=O) groups is 8. The second-order valence-corrected chi connectivity index (χ2v) is 18.1. The summed E-state index contributed by atoms with van der Waals surface area (Å²) in [5.41, 5.74) is 0. The van der Waals surface area contributed by atoms with Crippen molar-refractivity contribution < 1.29 is 90.5 Å². The molecule has 0 radical (unpaired) electrons. The number of hydrogen-bond acceptors (Lipinski definition) is 19. The summed E-state index contributed by atoms with van der Waals surface area (Å²) in [4.78, 5) is 106. The van der Waals surface area contributed by atoms with Gasteiger partial charge in [0.05, 0.1) is 47.3 Å². The van der Waals surface area contributed by atoms with Gasteiger partial charge in [-0.05, 0) is 0 Å². The highest BCUT2D eigenvalue weighted by Crippen LogP contribution is 2.37. The standard InChI is InChI=1S/C44H70O19/c1-19(2)35(45)53-17-27-29(57-37(47)21(5)6)31(59-39(49)23(9)10)33(61-41(51)25(13)14)43(55-27)63-44-34(62-42(52)26(15)16)32(60-40(50)24(11)12)30(58-38(48)22(7)8)28(56-44)18-54-36(46)20(3)4/h19-34,43-44H,17-18H2,1-16H3/t27-,28-,29-,30-,31+,32+,33-,34-,43-,44-/m1/s1. The predicted octanol–water partition coefficient (Wildman–Crippen LogP) is 4.26. The van der Waals surface area contributed by atoms with Gasteiger partial charge in [0.1, 0.15) is 25.4 Å². The van der Waals surface area contributed by atoms with Gasteiger partial charge in [-0.2, -0.15) is 0 Å². The highest BCUT2D eigenvalue weighted by molar-refractivity contribution is 5.75. The second-order valence-electron chi connectivity index (χ2n) is 18.1. The maximum absolute atomic E-state index is 13.5. The first kappa shape index (κ1) is 54.8. The Morgan fingerprint density at radius 1 is 0.317 bits per heavy atom. The van der Waals surface area contributed by atoms with E-state index in [0.29, 0.717) is 0 Å². The van der Waals surface area contributed by atoms with Gasteiger partial charge >= 0.3 is 47.8 Å². The van der Waals surface area contributed by atoms with Crippen molar-refractivity contribution in [3.63, 3.8) is 0 Å². The summed E-state index contributed by atoms with van der Waals surface area (Å²) in [6, 6.07) is 0. The fourth-order valence-corrected chi connectivity index (χ4v) is 5.46. The van der Waals surface area contributed by atoms with Crippen LogP contribution in [-0.2, 0) is 90.5 Å². The zero-order valence-electron chi connectivity index (χ0n) is 39.6. The zero-order valence-corrected chi connectivity index (χ0v) is 39.6. The van der Waals surface area contributed by atoms with E-state index in [-0.39, 0.29) is 0 Å². The van der Waals surface area contributed by atoms with E-state index < -0.39 is 170 Å². The summed E-state index contributed by atoms with van der Waals surface area (Å²) >= 11 is 0. The summed E-state index contributed by atoms with van der Waals surface area (Å²) in [5, 5.41) is 0. The summed E-state index contributed by atoms with van der Waals surface area (Å²) in [5.74, 6) is -11.9. The number of hydrogen-bond donors (Lipinski definition) is 0. The summed E-state index contributed by atoms with van der Waals surface area (Å²) in [6.45, 7) is 23.7. The van der Waals surface area contributed by atoms with Crippen molar-refractivity contribution in [2.75, 3.05) is 13.2 Å². The van der Waals surface area contributed by atoms with E-state index in [4.69, 9.17) is 52.1 Å². The average Bonchev–Trinajstić information content (AvgIpc) is 3.19. The Labute approximate surface area is 370 Å². The molecule has 0 spiro atoms. The third-order valence-electron chi connectivity index (χ3n) is 9.52. The first-order chi connectivity index (χ1) is 29.2. The molecule has 0 aliphatic carbocycles. The quantitative estimate of drug-likeness (QED) is 0.123. The molecule has 0 bridgehead atoms. The minimum Gasteiger partial charge on any atom is -0.463 e. The molecule has 2 aliphatic heterocycles. The number of carbonyl (C=O) groups excluding carboxylic acids is 8. The Morgan fingerprint density at radius 2 is 0.524 bits per heavy atom. The van der Waals surface area contributed by atoms with Crippen LogP contribution >= 0.6 is 0 Å². The van der Waals surface area contributed by atoms with Crippen molar-refractivity contribution in [1.82, 2.24) is 0 Å². The van der Waals surface area contributed by atoms with Gasteiger partial charge < -0.3 is 52.1 Å². The van der Waals surface area contributed by atoms with Gasteiger partial charge in [0.15, 0.2) is 36.6 Å². The monoisotopic (exact) mass is 902 g/mol. The van der Waals surface area contributed by atoms with E-state index in [1.165, 1.54) is 27.7 Å². The van der Waals surface area contributed by atoms with Crippen molar-refractivity contribution >= 4 is 47.8 Å². The van der Waals surface area contributed by atoms with Gasteiger partial charge in [-0.15, -0.1) is 0 Å². The van der Waals surface area contributed by atoms with Crippen molar-refractivity contribution in [2.45, 2.75) is 172 Å². The van der Waals surface area contributed by atoms with Gasteiger partial charge in [-0.25, -0.2) is 0 Å². The van der Waals surface area contributed by atoms with E-state index in [9.17, 15) is 38.4 Å². The molecule has 0 amide bonds. The fourth-order valence-electron chi connectivity index (χ4n) is 5.46. The molecule has 63 heavy (non-hydrogen) atoms. The Morgan fingerprint density at radius 3 is 0.746 bits per heavy atom. The molecule has 0 aromatic rings. The maximum atomic E-state index is 13.5. The van der Waals surface area contributed by atoms with Crippen molar-refractivity contribution in [2.24, 2.45) is 47.3 Å². The normalized spacial score (nSPS) is 26.2. The first-order valence-electron chi connectivity index (χ1n) is 21.7. The van der Waals surface area contributed by atoms with Crippen LogP contribution in [0.2, 0.25) is 0 Å². The number of ether oxygens (including phenoxy) is 11. The van der Waals surface area contributed by atoms with Crippen LogP contribution in [0.15, 0.2) is 0 Å². The Kier molecular flexibility index (Phi) is 21.4. The van der Waals surface area contributed by atoms with E-state index in [0.717, 1.165) is 0 Å². The predicted molar refractivity (Wildman–Crippen MR) is 218 cm³/mol. The van der Waals surface area contributed by atoms with Gasteiger partial charge in [0, 0.05) is 0 Å². The smallest absolute Gasteiger partial charge is 0.308 e. The van der Waals surface area contributed by atoms with Crippen LogP contribution in [0.25, 0.3) is 0 Å². The lowest BCUT2D eigenvalue weighted by molar-refractivity contribution is -0.378. The first-order valence-corrected chi connectivity index (χ1v) is 21.7. The van der Waals surface area contributed by atoms with Crippen LogP contribution in [0, 0.1) is 47.3 Å². The highest BCUT2D eigenvalue weighted by Gasteiger charge is 2.59. The van der Waals surface area contributed by atoms with Gasteiger partial charge in [-0.3, -0.25) is 38.4 Å². The lowest BCUT2D eigenvalue weighted by Gasteiger charge is -2.48. The largest absolute Gasteiger partial charge is 0.463 e. The van der Waals surface area contributed by atoms with Crippen LogP contribution < -0.4 is 0 Å². The molecule has 2 heterocycles. The molecule has 360 valence electrons. The van der Waals surface area contributed by atoms with Gasteiger partial charge in [0.25, 0.3) is 0 Å². The number of esters is 8. The molecule has 10 atom stereocenters. The van der Waals surface area contributed by atoms with Crippen LogP contribution in [0.5, 0.6) is 0 Å². The lowest BCUT2D eigenvalue weighted by Crippen LogP contribution is -2.67. The molecule has 2 fully saturated rings. The fraction of sp³-hybridized carbons (Fsp3) is 0.818. The minimum atomic E-state index is -1.89. The molecular formula is C44H70O19. The molecule has 0 unspecified atom stereocenters. The average molecular weight is 903 g/mol. The highest BCUT2D eigenvalue weighted by atomic mass is 16.8.